The molecule has 3 heterocycles. The zero-order valence-electron chi connectivity index (χ0n) is 13.0. The van der Waals surface area contributed by atoms with Crippen molar-refractivity contribution in [2.45, 2.75) is 26.7 Å². The van der Waals surface area contributed by atoms with Crippen LogP contribution >= 0.6 is 0 Å². The molecule has 2 unspecified atom stereocenters. The van der Waals surface area contributed by atoms with E-state index in [1.807, 2.05) is 0 Å². The average molecular weight is 288 g/mol. The Labute approximate surface area is 126 Å². The Balaban J connectivity index is 1.61. The van der Waals surface area contributed by atoms with Crippen LogP contribution in [0.25, 0.3) is 0 Å². The SMILES string of the molecule is CCc1cc(N2CC3CC3(C)C2)nc(N2CCOCC2)n1. The van der Waals surface area contributed by atoms with Crippen molar-refractivity contribution in [1.82, 2.24) is 9.97 Å². The number of aromatic nitrogens is 2. The summed E-state index contributed by atoms with van der Waals surface area (Å²) in [6, 6.07) is 2.18. The van der Waals surface area contributed by atoms with Crippen molar-refractivity contribution in [3.8, 4) is 0 Å². The summed E-state index contributed by atoms with van der Waals surface area (Å²) < 4.78 is 5.43. The van der Waals surface area contributed by atoms with Gasteiger partial charge in [0.25, 0.3) is 0 Å². The molecule has 0 N–H and O–H groups in total. The van der Waals surface area contributed by atoms with E-state index in [1.54, 1.807) is 0 Å². The van der Waals surface area contributed by atoms with Crippen LogP contribution in [-0.2, 0) is 11.2 Å². The van der Waals surface area contributed by atoms with Crippen molar-refractivity contribution in [3.63, 3.8) is 0 Å². The minimum absolute atomic E-state index is 0.552. The molecule has 5 heteroatoms. The van der Waals surface area contributed by atoms with Gasteiger partial charge in [0.1, 0.15) is 5.82 Å². The Bertz CT molecular complexity index is 543. The third-order valence-corrected chi connectivity index (χ3v) is 5.27. The zero-order valence-corrected chi connectivity index (χ0v) is 13.0. The number of aryl methyl sites for hydroxylation is 1. The predicted octanol–water partition coefficient (Wildman–Crippen LogP) is 1.72. The van der Waals surface area contributed by atoms with Crippen molar-refractivity contribution in [1.29, 1.82) is 0 Å². The monoisotopic (exact) mass is 288 g/mol. The molecule has 1 aliphatic carbocycles. The Morgan fingerprint density at radius 1 is 1.29 bits per heavy atom. The topological polar surface area (TPSA) is 41.5 Å². The highest BCUT2D eigenvalue weighted by Crippen LogP contribution is 2.57. The molecule has 2 atom stereocenters. The number of morpholine rings is 1. The third-order valence-electron chi connectivity index (χ3n) is 5.27. The lowest BCUT2D eigenvalue weighted by Gasteiger charge is -2.29. The first-order chi connectivity index (χ1) is 10.2. The molecule has 2 aliphatic heterocycles. The van der Waals surface area contributed by atoms with Gasteiger partial charge in [0, 0.05) is 37.9 Å². The normalized spacial score (nSPS) is 31.4. The second-order valence-corrected chi connectivity index (χ2v) is 6.91. The minimum atomic E-state index is 0.552. The summed E-state index contributed by atoms with van der Waals surface area (Å²) in [4.78, 5) is 14.3. The number of ether oxygens (including phenoxy) is 1. The number of anilines is 2. The number of piperidine rings is 1. The van der Waals surface area contributed by atoms with Gasteiger partial charge in [0.05, 0.1) is 13.2 Å². The molecule has 3 aliphatic rings. The van der Waals surface area contributed by atoms with E-state index in [2.05, 4.69) is 29.7 Å². The molecule has 4 rings (SSSR count). The van der Waals surface area contributed by atoms with Gasteiger partial charge in [-0.2, -0.15) is 4.98 Å². The van der Waals surface area contributed by atoms with E-state index >= 15 is 0 Å². The van der Waals surface area contributed by atoms with Crippen molar-refractivity contribution >= 4 is 11.8 Å². The molecule has 0 aromatic carbocycles. The van der Waals surface area contributed by atoms with Crippen LogP contribution in [0.2, 0.25) is 0 Å². The van der Waals surface area contributed by atoms with Crippen LogP contribution < -0.4 is 9.80 Å². The molecule has 0 spiro atoms. The molecule has 3 fully saturated rings. The van der Waals surface area contributed by atoms with E-state index < -0.39 is 0 Å². The molecule has 0 radical (unpaired) electrons. The quantitative estimate of drug-likeness (QED) is 0.847. The van der Waals surface area contributed by atoms with Crippen molar-refractivity contribution in [3.05, 3.63) is 11.8 Å². The van der Waals surface area contributed by atoms with Gasteiger partial charge in [-0.1, -0.05) is 13.8 Å². The Hall–Kier alpha value is -1.36. The first-order valence-corrected chi connectivity index (χ1v) is 8.13. The molecule has 1 aromatic heterocycles. The molecule has 2 saturated heterocycles. The molecule has 1 aromatic rings. The number of fused-ring (bicyclic) bond motifs is 1. The molecule has 0 amide bonds. The first-order valence-electron chi connectivity index (χ1n) is 8.13. The summed E-state index contributed by atoms with van der Waals surface area (Å²) >= 11 is 0. The zero-order chi connectivity index (χ0) is 14.4. The molecule has 21 heavy (non-hydrogen) atoms. The smallest absolute Gasteiger partial charge is 0.227 e. The van der Waals surface area contributed by atoms with Crippen LogP contribution in [0.5, 0.6) is 0 Å². The second kappa shape index (κ2) is 4.83. The maximum absolute atomic E-state index is 5.43. The van der Waals surface area contributed by atoms with Crippen LogP contribution in [0.1, 0.15) is 26.0 Å². The summed E-state index contributed by atoms with van der Waals surface area (Å²) in [5.74, 6) is 2.89. The molecule has 114 valence electrons. The number of hydrogen-bond acceptors (Lipinski definition) is 5. The summed E-state index contributed by atoms with van der Waals surface area (Å²) in [6.07, 6.45) is 2.35. The Morgan fingerprint density at radius 2 is 2.10 bits per heavy atom. The maximum atomic E-state index is 5.43. The van der Waals surface area contributed by atoms with Crippen molar-refractivity contribution in [2.24, 2.45) is 11.3 Å². The van der Waals surface area contributed by atoms with Gasteiger partial charge in [0.2, 0.25) is 5.95 Å². The molecular formula is C16H24N4O. The molecule has 1 saturated carbocycles. The van der Waals surface area contributed by atoms with E-state index in [4.69, 9.17) is 14.7 Å². The van der Waals surface area contributed by atoms with Crippen molar-refractivity contribution < 1.29 is 4.74 Å². The van der Waals surface area contributed by atoms with E-state index in [-0.39, 0.29) is 0 Å². The van der Waals surface area contributed by atoms with Crippen LogP contribution in [0.4, 0.5) is 11.8 Å². The van der Waals surface area contributed by atoms with Gasteiger partial charge >= 0.3 is 0 Å². The minimum Gasteiger partial charge on any atom is -0.378 e. The second-order valence-electron chi connectivity index (χ2n) is 6.91. The van der Waals surface area contributed by atoms with Gasteiger partial charge in [-0.3, -0.25) is 0 Å². The summed E-state index contributed by atoms with van der Waals surface area (Å²) in [6.45, 7) is 10.2. The fourth-order valence-electron chi connectivity index (χ4n) is 3.64. The van der Waals surface area contributed by atoms with Gasteiger partial charge in [-0.05, 0) is 24.2 Å². The summed E-state index contributed by atoms with van der Waals surface area (Å²) in [5, 5.41) is 0. The van der Waals surface area contributed by atoms with Gasteiger partial charge in [-0.15, -0.1) is 0 Å². The summed E-state index contributed by atoms with van der Waals surface area (Å²) in [7, 11) is 0. The molecular weight excluding hydrogens is 264 g/mol. The van der Waals surface area contributed by atoms with E-state index in [0.717, 1.165) is 62.6 Å². The maximum Gasteiger partial charge on any atom is 0.227 e. The van der Waals surface area contributed by atoms with Crippen LogP contribution in [0, 0.1) is 11.3 Å². The van der Waals surface area contributed by atoms with E-state index in [1.165, 1.54) is 13.0 Å². The number of nitrogens with zero attached hydrogens (tertiary/aromatic N) is 4. The van der Waals surface area contributed by atoms with Crippen molar-refractivity contribution in [2.75, 3.05) is 49.2 Å². The molecule has 5 nitrogen and oxygen atoms in total. The van der Waals surface area contributed by atoms with E-state index in [9.17, 15) is 0 Å². The third kappa shape index (κ3) is 2.37. The lowest BCUT2D eigenvalue weighted by atomic mass is 10.1. The highest BCUT2D eigenvalue weighted by molar-refractivity contribution is 5.49. The Morgan fingerprint density at radius 3 is 2.76 bits per heavy atom. The van der Waals surface area contributed by atoms with Gasteiger partial charge < -0.3 is 14.5 Å². The Kier molecular flexibility index (Phi) is 3.06. The average Bonchev–Trinajstić information content (AvgIpc) is 3.04. The fourth-order valence-corrected chi connectivity index (χ4v) is 3.64. The van der Waals surface area contributed by atoms with Gasteiger partial charge in [0.15, 0.2) is 0 Å². The lowest BCUT2D eigenvalue weighted by Crippen LogP contribution is -2.38. The number of rotatable bonds is 3. The number of hydrogen-bond donors (Lipinski definition) is 0. The van der Waals surface area contributed by atoms with Crippen LogP contribution in [0.3, 0.4) is 0 Å². The highest BCUT2D eigenvalue weighted by atomic mass is 16.5. The van der Waals surface area contributed by atoms with Crippen LogP contribution in [0.15, 0.2) is 6.07 Å². The predicted molar refractivity (Wildman–Crippen MR) is 82.9 cm³/mol. The van der Waals surface area contributed by atoms with Crippen LogP contribution in [-0.4, -0.2) is 49.4 Å². The van der Waals surface area contributed by atoms with E-state index in [0.29, 0.717) is 5.41 Å². The first kappa shape index (κ1) is 13.3. The fraction of sp³-hybridized carbons (Fsp3) is 0.750. The highest BCUT2D eigenvalue weighted by Gasteiger charge is 2.56. The lowest BCUT2D eigenvalue weighted by molar-refractivity contribution is 0.122. The van der Waals surface area contributed by atoms with Gasteiger partial charge in [-0.25, -0.2) is 4.98 Å². The standard InChI is InChI=1S/C16H24N4O/c1-3-13-8-14(20-10-12-9-16(12,2)11-20)18-15(17-13)19-4-6-21-7-5-19/h8,12H,3-7,9-11H2,1-2H3. The largest absolute Gasteiger partial charge is 0.378 e. The molecule has 0 bridgehead atoms. The summed E-state index contributed by atoms with van der Waals surface area (Å²) in [5.41, 5.74) is 1.70.